The SMILES string of the molecule is COc1ccc(-c2nc(Nc3ccccn3)sc2C)cc1OC. The zero-order chi connectivity index (χ0) is 16.2. The van der Waals surface area contributed by atoms with E-state index in [1.165, 1.54) is 0 Å². The highest BCUT2D eigenvalue weighted by atomic mass is 32.1. The number of rotatable bonds is 5. The van der Waals surface area contributed by atoms with Crippen molar-refractivity contribution in [1.82, 2.24) is 9.97 Å². The number of thiazole rings is 1. The van der Waals surface area contributed by atoms with Gasteiger partial charge in [-0.25, -0.2) is 9.97 Å². The summed E-state index contributed by atoms with van der Waals surface area (Å²) < 4.78 is 10.6. The summed E-state index contributed by atoms with van der Waals surface area (Å²) in [5.74, 6) is 2.17. The summed E-state index contributed by atoms with van der Waals surface area (Å²) >= 11 is 1.59. The maximum atomic E-state index is 5.37. The van der Waals surface area contributed by atoms with E-state index in [0.717, 1.165) is 27.1 Å². The van der Waals surface area contributed by atoms with Crippen molar-refractivity contribution in [3.63, 3.8) is 0 Å². The van der Waals surface area contributed by atoms with Gasteiger partial charge in [0.15, 0.2) is 16.6 Å². The van der Waals surface area contributed by atoms with Gasteiger partial charge in [0, 0.05) is 16.6 Å². The topological polar surface area (TPSA) is 56.3 Å². The number of methoxy groups -OCH3 is 2. The molecule has 6 heteroatoms. The monoisotopic (exact) mass is 327 g/mol. The van der Waals surface area contributed by atoms with Crippen LogP contribution in [0.2, 0.25) is 0 Å². The molecule has 0 aliphatic heterocycles. The maximum absolute atomic E-state index is 5.37. The van der Waals surface area contributed by atoms with Crippen LogP contribution >= 0.6 is 11.3 Å². The van der Waals surface area contributed by atoms with Crippen LogP contribution in [0.15, 0.2) is 42.6 Å². The molecular weight excluding hydrogens is 310 g/mol. The number of nitrogens with one attached hydrogen (secondary N) is 1. The fourth-order valence-corrected chi connectivity index (χ4v) is 3.09. The van der Waals surface area contributed by atoms with Crippen LogP contribution < -0.4 is 14.8 Å². The highest BCUT2D eigenvalue weighted by Crippen LogP contribution is 2.36. The largest absolute Gasteiger partial charge is 0.493 e. The molecule has 0 aliphatic carbocycles. The zero-order valence-electron chi connectivity index (χ0n) is 13.2. The van der Waals surface area contributed by atoms with E-state index in [9.17, 15) is 0 Å². The molecule has 1 N–H and O–H groups in total. The molecule has 0 amide bonds. The highest BCUT2D eigenvalue weighted by molar-refractivity contribution is 7.16. The molecule has 118 valence electrons. The standard InChI is InChI=1S/C17H17N3O2S/c1-11-16(12-7-8-13(21-2)14(10-12)22-3)20-17(23-11)19-15-6-4-5-9-18-15/h4-10H,1-3H3,(H,18,19,20). The lowest BCUT2D eigenvalue weighted by Gasteiger charge is -2.08. The summed E-state index contributed by atoms with van der Waals surface area (Å²) in [7, 11) is 3.25. The van der Waals surface area contributed by atoms with Crippen LogP contribution in [0.3, 0.4) is 0 Å². The van der Waals surface area contributed by atoms with Crippen molar-refractivity contribution < 1.29 is 9.47 Å². The average Bonchev–Trinajstić information content (AvgIpc) is 2.95. The minimum absolute atomic E-state index is 0.691. The summed E-state index contributed by atoms with van der Waals surface area (Å²) in [6.07, 6.45) is 1.75. The molecule has 0 fully saturated rings. The van der Waals surface area contributed by atoms with Crippen molar-refractivity contribution in [2.75, 3.05) is 19.5 Å². The number of anilines is 2. The first-order chi connectivity index (χ1) is 11.2. The third-order valence-electron chi connectivity index (χ3n) is 3.35. The molecule has 1 aromatic carbocycles. The number of pyridine rings is 1. The average molecular weight is 327 g/mol. The van der Waals surface area contributed by atoms with Gasteiger partial charge in [-0.15, -0.1) is 11.3 Å². The predicted molar refractivity (Wildman–Crippen MR) is 92.9 cm³/mol. The Labute approximate surface area is 138 Å². The lowest BCUT2D eigenvalue weighted by atomic mass is 10.1. The Balaban J connectivity index is 1.92. The Morgan fingerprint density at radius 3 is 2.57 bits per heavy atom. The molecule has 3 aromatic rings. The molecule has 5 nitrogen and oxygen atoms in total. The van der Waals surface area contributed by atoms with E-state index in [2.05, 4.69) is 15.3 Å². The van der Waals surface area contributed by atoms with Crippen molar-refractivity contribution in [3.8, 4) is 22.8 Å². The third-order valence-corrected chi connectivity index (χ3v) is 4.24. The number of hydrogen-bond donors (Lipinski definition) is 1. The summed E-state index contributed by atoms with van der Waals surface area (Å²) in [6.45, 7) is 2.05. The normalized spacial score (nSPS) is 10.4. The van der Waals surface area contributed by atoms with Gasteiger partial charge in [0.05, 0.1) is 19.9 Å². The molecule has 2 heterocycles. The Bertz CT molecular complexity index is 803. The summed E-state index contributed by atoms with van der Waals surface area (Å²) in [6, 6.07) is 11.5. The second-order valence-electron chi connectivity index (χ2n) is 4.83. The van der Waals surface area contributed by atoms with Crippen LogP contribution in [-0.2, 0) is 0 Å². The summed E-state index contributed by atoms with van der Waals surface area (Å²) in [4.78, 5) is 10.1. The Hall–Kier alpha value is -2.60. The minimum Gasteiger partial charge on any atom is -0.493 e. The van der Waals surface area contributed by atoms with E-state index < -0.39 is 0 Å². The first kappa shape index (κ1) is 15.3. The van der Waals surface area contributed by atoms with E-state index in [-0.39, 0.29) is 0 Å². The number of aromatic nitrogens is 2. The molecule has 0 aliphatic rings. The maximum Gasteiger partial charge on any atom is 0.189 e. The van der Waals surface area contributed by atoms with E-state index in [0.29, 0.717) is 11.5 Å². The van der Waals surface area contributed by atoms with Crippen LogP contribution in [0, 0.1) is 6.92 Å². The van der Waals surface area contributed by atoms with E-state index in [1.807, 2.05) is 43.3 Å². The van der Waals surface area contributed by atoms with Crippen molar-refractivity contribution in [2.24, 2.45) is 0 Å². The van der Waals surface area contributed by atoms with Crippen molar-refractivity contribution in [1.29, 1.82) is 0 Å². The van der Waals surface area contributed by atoms with Gasteiger partial charge in [0.2, 0.25) is 0 Å². The van der Waals surface area contributed by atoms with Gasteiger partial charge in [0.25, 0.3) is 0 Å². The molecule has 0 spiro atoms. The van der Waals surface area contributed by atoms with Crippen LogP contribution in [-0.4, -0.2) is 24.2 Å². The highest BCUT2D eigenvalue weighted by Gasteiger charge is 2.13. The molecule has 0 bridgehead atoms. The molecule has 0 saturated carbocycles. The van der Waals surface area contributed by atoms with Crippen molar-refractivity contribution in [3.05, 3.63) is 47.5 Å². The Kier molecular flexibility index (Phi) is 4.43. The second-order valence-corrected chi connectivity index (χ2v) is 6.04. The van der Waals surface area contributed by atoms with E-state index in [1.54, 1.807) is 31.8 Å². The summed E-state index contributed by atoms with van der Waals surface area (Å²) in [5, 5.41) is 4.04. The molecule has 0 atom stereocenters. The van der Waals surface area contributed by atoms with Gasteiger partial charge in [-0.1, -0.05) is 6.07 Å². The molecule has 3 rings (SSSR count). The van der Waals surface area contributed by atoms with Gasteiger partial charge >= 0.3 is 0 Å². The zero-order valence-corrected chi connectivity index (χ0v) is 14.0. The lowest BCUT2D eigenvalue weighted by Crippen LogP contribution is -1.93. The van der Waals surface area contributed by atoms with Crippen LogP contribution in [0.4, 0.5) is 10.9 Å². The second kappa shape index (κ2) is 6.66. The molecule has 23 heavy (non-hydrogen) atoms. The van der Waals surface area contributed by atoms with E-state index in [4.69, 9.17) is 9.47 Å². The number of benzene rings is 1. The molecule has 0 saturated heterocycles. The molecular formula is C17H17N3O2S. The molecule has 0 unspecified atom stereocenters. The lowest BCUT2D eigenvalue weighted by molar-refractivity contribution is 0.355. The number of aryl methyl sites for hydroxylation is 1. The fraction of sp³-hybridized carbons (Fsp3) is 0.176. The van der Waals surface area contributed by atoms with Gasteiger partial charge < -0.3 is 14.8 Å². The Morgan fingerprint density at radius 1 is 1.04 bits per heavy atom. The first-order valence-electron chi connectivity index (χ1n) is 7.09. The fourth-order valence-electron chi connectivity index (χ4n) is 2.25. The van der Waals surface area contributed by atoms with Gasteiger partial charge in [0.1, 0.15) is 5.82 Å². The van der Waals surface area contributed by atoms with Crippen LogP contribution in [0.5, 0.6) is 11.5 Å². The molecule has 2 aromatic heterocycles. The number of hydrogen-bond acceptors (Lipinski definition) is 6. The smallest absolute Gasteiger partial charge is 0.189 e. The van der Waals surface area contributed by atoms with Gasteiger partial charge in [-0.05, 0) is 37.3 Å². The summed E-state index contributed by atoms with van der Waals surface area (Å²) in [5.41, 5.74) is 1.92. The third kappa shape index (κ3) is 3.27. The van der Waals surface area contributed by atoms with Crippen LogP contribution in [0.25, 0.3) is 11.3 Å². The van der Waals surface area contributed by atoms with Crippen molar-refractivity contribution >= 4 is 22.3 Å². The van der Waals surface area contributed by atoms with Gasteiger partial charge in [-0.3, -0.25) is 0 Å². The van der Waals surface area contributed by atoms with Crippen molar-refractivity contribution in [2.45, 2.75) is 6.92 Å². The number of ether oxygens (including phenoxy) is 2. The quantitative estimate of drug-likeness (QED) is 0.758. The van der Waals surface area contributed by atoms with E-state index >= 15 is 0 Å². The number of nitrogens with zero attached hydrogens (tertiary/aromatic N) is 2. The first-order valence-corrected chi connectivity index (χ1v) is 7.91. The van der Waals surface area contributed by atoms with Gasteiger partial charge in [-0.2, -0.15) is 0 Å². The minimum atomic E-state index is 0.691. The Morgan fingerprint density at radius 2 is 1.87 bits per heavy atom. The molecule has 0 radical (unpaired) electrons. The van der Waals surface area contributed by atoms with Crippen LogP contribution in [0.1, 0.15) is 4.88 Å². The predicted octanol–water partition coefficient (Wildman–Crippen LogP) is 4.27.